The van der Waals surface area contributed by atoms with Crippen LogP contribution in [0.1, 0.15) is 32.1 Å². The van der Waals surface area contributed by atoms with E-state index in [0.717, 1.165) is 10.6 Å². The van der Waals surface area contributed by atoms with Crippen molar-refractivity contribution in [3.63, 3.8) is 0 Å². The maximum atomic E-state index is 14.2. The highest BCUT2D eigenvalue weighted by atomic mass is 19.3. The lowest BCUT2D eigenvalue weighted by Crippen LogP contribution is -2.62. The fourth-order valence-corrected chi connectivity index (χ4v) is 3.23. The second-order valence-corrected chi connectivity index (χ2v) is 6.68. The van der Waals surface area contributed by atoms with E-state index in [1.54, 1.807) is 12.1 Å². The van der Waals surface area contributed by atoms with Gasteiger partial charge in [0.1, 0.15) is 11.4 Å². The van der Waals surface area contributed by atoms with Gasteiger partial charge >= 0.3 is 5.92 Å². The first-order valence-electron chi connectivity index (χ1n) is 8.23. The van der Waals surface area contributed by atoms with Crippen LogP contribution >= 0.6 is 0 Å². The van der Waals surface area contributed by atoms with E-state index in [4.69, 9.17) is 0 Å². The molecular formula is C17H21F3N2O2. The third-order valence-corrected chi connectivity index (χ3v) is 5.03. The Balaban J connectivity index is 1.54. The van der Waals surface area contributed by atoms with Gasteiger partial charge in [-0.15, -0.1) is 0 Å². The van der Waals surface area contributed by atoms with Gasteiger partial charge in [-0.05, 0) is 56.4 Å². The van der Waals surface area contributed by atoms with E-state index in [-0.39, 0.29) is 37.8 Å². The molecule has 1 heterocycles. The molecule has 1 saturated carbocycles. The molecular weight excluding hydrogens is 321 g/mol. The third-order valence-electron chi connectivity index (χ3n) is 5.03. The lowest BCUT2D eigenvalue weighted by Gasteiger charge is -2.44. The van der Waals surface area contributed by atoms with E-state index >= 15 is 0 Å². The number of likely N-dealkylation sites (tertiary alicyclic amines) is 1. The normalized spacial score (nSPS) is 21.2. The average molecular weight is 342 g/mol. The third kappa shape index (κ3) is 3.09. The topological polar surface area (TPSA) is 52.6 Å². The van der Waals surface area contributed by atoms with Crippen LogP contribution in [-0.2, 0) is 4.79 Å². The Hall–Kier alpha value is -1.76. The fraction of sp³-hybridized carbons (Fsp3) is 0.588. The van der Waals surface area contributed by atoms with Crippen LogP contribution in [-0.4, -0.2) is 46.6 Å². The number of nitrogens with one attached hydrogen (secondary N) is 1. The number of halogens is 3. The summed E-state index contributed by atoms with van der Waals surface area (Å²) in [7, 11) is 0. The predicted octanol–water partition coefficient (Wildman–Crippen LogP) is 2.78. The highest BCUT2D eigenvalue weighted by Gasteiger charge is 2.62. The Morgan fingerprint density at radius 1 is 1.21 bits per heavy atom. The summed E-state index contributed by atoms with van der Waals surface area (Å²) >= 11 is 0. The zero-order valence-electron chi connectivity index (χ0n) is 13.3. The number of amides is 1. The maximum absolute atomic E-state index is 14.2. The molecule has 2 N–H and O–H groups in total. The van der Waals surface area contributed by atoms with E-state index < -0.39 is 17.4 Å². The van der Waals surface area contributed by atoms with E-state index in [1.165, 1.54) is 12.1 Å². The Bertz CT molecular complexity index is 594. The Kier molecular flexibility index (Phi) is 4.46. The van der Waals surface area contributed by atoms with Crippen molar-refractivity contribution in [3.05, 3.63) is 30.1 Å². The quantitative estimate of drug-likeness (QED) is 0.885. The molecule has 1 amide bonds. The zero-order chi connectivity index (χ0) is 17.4. The molecule has 0 bridgehead atoms. The monoisotopic (exact) mass is 342 g/mol. The Labute approximate surface area is 138 Å². The molecule has 7 heteroatoms. The van der Waals surface area contributed by atoms with Crippen molar-refractivity contribution in [2.24, 2.45) is 0 Å². The summed E-state index contributed by atoms with van der Waals surface area (Å²) in [5.41, 5.74) is -1.41. The van der Waals surface area contributed by atoms with Crippen LogP contribution < -0.4 is 5.32 Å². The number of hydrogen-bond acceptors (Lipinski definition) is 3. The zero-order valence-corrected chi connectivity index (χ0v) is 13.3. The number of benzene rings is 1. The first-order valence-corrected chi connectivity index (χ1v) is 8.23. The minimum atomic E-state index is -3.72. The highest BCUT2D eigenvalue weighted by molar-refractivity contribution is 5.85. The molecule has 0 aromatic heterocycles. The molecule has 0 spiro atoms. The van der Waals surface area contributed by atoms with Gasteiger partial charge in [0.2, 0.25) is 0 Å². The molecule has 1 aromatic rings. The molecule has 132 valence electrons. The second kappa shape index (κ2) is 6.27. The van der Waals surface area contributed by atoms with E-state index in [0.29, 0.717) is 19.3 Å². The minimum Gasteiger partial charge on any atom is -0.383 e. The Morgan fingerprint density at radius 3 is 2.29 bits per heavy atom. The van der Waals surface area contributed by atoms with Crippen LogP contribution in [0.15, 0.2) is 24.3 Å². The van der Waals surface area contributed by atoms with Crippen LogP contribution in [0.3, 0.4) is 0 Å². The van der Waals surface area contributed by atoms with Crippen LogP contribution in [0.2, 0.25) is 0 Å². The summed E-state index contributed by atoms with van der Waals surface area (Å²) in [5, 5.41) is 13.1. The van der Waals surface area contributed by atoms with Crippen molar-refractivity contribution in [1.29, 1.82) is 0 Å². The predicted molar refractivity (Wildman–Crippen MR) is 83.4 cm³/mol. The van der Waals surface area contributed by atoms with Gasteiger partial charge in [-0.1, -0.05) is 0 Å². The van der Waals surface area contributed by atoms with Crippen molar-refractivity contribution >= 4 is 11.6 Å². The molecule has 1 aliphatic heterocycles. The van der Waals surface area contributed by atoms with E-state index in [2.05, 4.69) is 5.32 Å². The molecule has 1 aromatic carbocycles. The number of hydrogen-bond donors (Lipinski definition) is 2. The van der Waals surface area contributed by atoms with Crippen molar-refractivity contribution in [1.82, 2.24) is 4.90 Å². The standard InChI is InChI=1S/C17H21F3N2O2/c18-12-2-4-13(5-3-12)21-14-6-10-22(11-7-14)15(23)17(19,20)16(24)8-1-9-16/h2-5,14,21,24H,1,6-11H2. The number of nitrogens with zero attached hydrogens (tertiary/aromatic N) is 1. The van der Waals surface area contributed by atoms with Crippen LogP contribution in [0.4, 0.5) is 18.9 Å². The van der Waals surface area contributed by atoms with Crippen molar-refractivity contribution < 1.29 is 23.1 Å². The first-order chi connectivity index (χ1) is 11.3. The lowest BCUT2D eigenvalue weighted by atomic mass is 9.75. The van der Waals surface area contributed by atoms with Gasteiger partial charge in [-0.25, -0.2) is 4.39 Å². The summed E-state index contributed by atoms with van der Waals surface area (Å²) < 4.78 is 41.3. The van der Waals surface area contributed by atoms with Crippen LogP contribution in [0.25, 0.3) is 0 Å². The molecule has 1 saturated heterocycles. The van der Waals surface area contributed by atoms with Gasteiger partial charge in [-0.3, -0.25) is 4.79 Å². The largest absolute Gasteiger partial charge is 0.383 e. The summed E-state index contributed by atoms with van der Waals surface area (Å²) in [6.45, 7) is 0.423. The second-order valence-electron chi connectivity index (χ2n) is 6.68. The fourth-order valence-electron chi connectivity index (χ4n) is 3.23. The number of aliphatic hydroxyl groups is 1. The van der Waals surface area contributed by atoms with Gasteiger partial charge < -0.3 is 15.3 Å². The number of piperidine rings is 1. The summed E-state index contributed by atoms with van der Waals surface area (Å²) in [6, 6.07) is 5.97. The number of carbonyl (C=O) groups excluding carboxylic acids is 1. The number of alkyl halides is 2. The highest BCUT2D eigenvalue weighted by Crippen LogP contribution is 2.45. The number of anilines is 1. The average Bonchev–Trinajstić information content (AvgIpc) is 2.54. The van der Waals surface area contributed by atoms with Crippen molar-refractivity contribution in [2.75, 3.05) is 18.4 Å². The lowest BCUT2D eigenvalue weighted by molar-refractivity contribution is -0.224. The maximum Gasteiger partial charge on any atom is 0.352 e. The molecule has 2 aliphatic rings. The van der Waals surface area contributed by atoms with Gasteiger partial charge in [-0.2, -0.15) is 8.78 Å². The SMILES string of the molecule is O=C(N1CCC(Nc2ccc(F)cc2)CC1)C(F)(F)C1(O)CCC1. The van der Waals surface area contributed by atoms with Crippen LogP contribution in [0, 0.1) is 5.82 Å². The smallest absolute Gasteiger partial charge is 0.352 e. The van der Waals surface area contributed by atoms with E-state index in [1.807, 2.05) is 0 Å². The summed E-state index contributed by atoms with van der Waals surface area (Å²) in [5.74, 6) is -5.32. The molecule has 0 atom stereocenters. The Morgan fingerprint density at radius 2 is 1.79 bits per heavy atom. The van der Waals surface area contributed by atoms with E-state index in [9.17, 15) is 23.1 Å². The molecule has 24 heavy (non-hydrogen) atoms. The van der Waals surface area contributed by atoms with Crippen molar-refractivity contribution in [2.45, 2.75) is 49.7 Å². The van der Waals surface area contributed by atoms with Gasteiger partial charge in [0.05, 0.1) is 0 Å². The van der Waals surface area contributed by atoms with Crippen LogP contribution in [0.5, 0.6) is 0 Å². The minimum absolute atomic E-state index is 0.0334. The van der Waals surface area contributed by atoms with Crippen molar-refractivity contribution in [3.8, 4) is 0 Å². The molecule has 0 radical (unpaired) electrons. The molecule has 1 aliphatic carbocycles. The number of rotatable bonds is 4. The molecule has 0 unspecified atom stereocenters. The first kappa shape index (κ1) is 17.1. The molecule has 4 nitrogen and oxygen atoms in total. The number of carbonyl (C=O) groups is 1. The molecule has 2 fully saturated rings. The molecule has 3 rings (SSSR count). The van der Waals surface area contributed by atoms with Gasteiger partial charge in [0, 0.05) is 24.8 Å². The summed E-state index contributed by atoms with van der Waals surface area (Å²) in [4.78, 5) is 13.3. The van der Waals surface area contributed by atoms with Gasteiger partial charge in [0.25, 0.3) is 5.91 Å². The summed E-state index contributed by atoms with van der Waals surface area (Å²) in [6.07, 6.45) is 1.50. The van der Waals surface area contributed by atoms with Gasteiger partial charge in [0.15, 0.2) is 0 Å².